The number of aryl methyl sites for hydroxylation is 2. The molecular formula is C15H26N4. The van der Waals surface area contributed by atoms with Crippen molar-refractivity contribution in [3.8, 4) is 0 Å². The number of hydrogen-bond acceptors (Lipinski definition) is 4. The number of nitrogens with zero attached hydrogens (tertiary/aromatic N) is 3. The van der Waals surface area contributed by atoms with Crippen LogP contribution in [0.25, 0.3) is 0 Å². The Balaban J connectivity index is 2.08. The summed E-state index contributed by atoms with van der Waals surface area (Å²) < 4.78 is 0. The quantitative estimate of drug-likeness (QED) is 0.824. The van der Waals surface area contributed by atoms with Crippen LogP contribution in [0.15, 0.2) is 0 Å². The Hall–Kier alpha value is -1.16. The molecule has 1 aromatic heterocycles. The standard InChI is InChI=1S/C15H26N4/c1-5-8-16-10-12-6-7-14-13(9-12)11(2)17-15(18-14)19(3)4/h12,16H,5-10H2,1-4H3. The molecule has 2 rings (SSSR count). The highest BCUT2D eigenvalue weighted by Gasteiger charge is 2.22. The average molecular weight is 262 g/mol. The summed E-state index contributed by atoms with van der Waals surface area (Å²) in [6, 6.07) is 0. The lowest BCUT2D eigenvalue weighted by Crippen LogP contribution is -2.29. The van der Waals surface area contributed by atoms with Crippen LogP contribution >= 0.6 is 0 Å². The van der Waals surface area contributed by atoms with Crippen LogP contribution in [0.1, 0.15) is 36.7 Å². The van der Waals surface area contributed by atoms with E-state index in [2.05, 4.69) is 24.1 Å². The van der Waals surface area contributed by atoms with Gasteiger partial charge in [0.05, 0.1) is 0 Å². The largest absolute Gasteiger partial charge is 0.347 e. The van der Waals surface area contributed by atoms with Crippen molar-refractivity contribution >= 4 is 5.95 Å². The van der Waals surface area contributed by atoms with E-state index in [-0.39, 0.29) is 0 Å². The molecule has 1 unspecified atom stereocenters. The molecule has 0 spiro atoms. The average Bonchev–Trinajstić information content (AvgIpc) is 2.39. The van der Waals surface area contributed by atoms with Crippen LogP contribution in [-0.4, -0.2) is 37.2 Å². The van der Waals surface area contributed by atoms with Crippen molar-refractivity contribution in [3.05, 3.63) is 17.0 Å². The van der Waals surface area contributed by atoms with E-state index in [0.29, 0.717) is 0 Å². The molecule has 0 aliphatic heterocycles. The predicted octanol–water partition coefficient (Wildman–Crippen LogP) is 1.96. The molecule has 4 heteroatoms. The van der Waals surface area contributed by atoms with Gasteiger partial charge in [0.2, 0.25) is 5.95 Å². The molecule has 0 radical (unpaired) electrons. The molecule has 1 atom stereocenters. The molecule has 1 aromatic rings. The minimum absolute atomic E-state index is 0.742. The molecule has 4 nitrogen and oxygen atoms in total. The SMILES string of the molecule is CCCNCC1CCc2nc(N(C)C)nc(C)c2C1. The predicted molar refractivity (Wildman–Crippen MR) is 79.8 cm³/mol. The first-order chi connectivity index (χ1) is 9.11. The molecule has 106 valence electrons. The fourth-order valence-electron chi connectivity index (χ4n) is 2.70. The lowest BCUT2D eigenvalue weighted by Gasteiger charge is -2.26. The summed E-state index contributed by atoms with van der Waals surface area (Å²) in [5.74, 6) is 1.59. The molecule has 1 aliphatic rings. The van der Waals surface area contributed by atoms with E-state index in [9.17, 15) is 0 Å². The number of rotatable bonds is 5. The van der Waals surface area contributed by atoms with Crippen molar-refractivity contribution in [2.45, 2.75) is 39.5 Å². The molecule has 0 bridgehead atoms. The summed E-state index contributed by atoms with van der Waals surface area (Å²) in [4.78, 5) is 11.3. The molecule has 1 aliphatic carbocycles. The van der Waals surface area contributed by atoms with Gasteiger partial charge in [-0.05, 0) is 57.2 Å². The molecule has 0 saturated heterocycles. The highest BCUT2D eigenvalue weighted by Crippen LogP contribution is 2.27. The normalized spacial score (nSPS) is 18.2. The summed E-state index contributed by atoms with van der Waals surface area (Å²) in [7, 11) is 4.00. The first-order valence-corrected chi connectivity index (χ1v) is 7.36. The Morgan fingerprint density at radius 2 is 2.11 bits per heavy atom. The van der Waals surface area contributed by atoms with Crippen molar-refractivity contribution in [2.75, 3.05) is 32.1 Å². The van der Waals surface area contributed by atoms with Crippen LogP contribution in [0.5, 0.6) is 0 Å². The lowest BCUT2D eigenvalue weighted by atomic mass is 9.86. The van der Waals surface area contributed by atoms with Gasteiger partial charge in [0.15, 0.2) is 0 Å². The first kappa shape index (κ1) is 14.3. The molecule has 19 heavy (non-hydrogen) atoms. The van der Waals surface area contributed by atoms with E-state index < -0.39 is 0 Å². The summed E-state index contributed by atoms with van der Waals surface area (Å²) in [5, 5.41) is 3.54. The van der Waals surface area contributed by atoms with Gasteiger partial charge in [-0.15, -0.1) is 0 Å². The van der Waals surface area contributed by atoms with Crippen LogP contribution in [0.3, 0.4) is 0 Å². The van der Waals surface area contributed by atoms with E-state index >= 15 is 0 Å². The number of aromatic nitrogens is 2. The Morgan fingerprint density at radius 3 is 2.79 bits per heavy atom. The van der Waals surface area contributed by atoms with Crippen molar-refractivity contribution in [2.24, 2.45) is 5.92 Å². The Morgan fingerprint density at radius 1 is 1.32 bits per heavy atom. The number of hydrogen-bond donors (Lipinski definition) is 1. The summed E-state index contributed by atoms with van der Waals surface area (Å²) in [6.45, 7) is 6.58. The third kappa shape index (κ3) is 3.44. The molecule has 0 saturated carbocycles. The third-order valence-corrected chi connectivity index (χ3v) is 3.83. The molecular weight excluding hydrogens is 236 g/mol. The second-order valence-electron chi connectivity index (χ2n) is 5.74. The maximum Gasteiger partial charge on any atom is 0.225 e. The van der Waals surface area contributed by atoms with Gasteiger partial charge in [-0.1, -0.05) is 6.92 Å². The zero-order chi connectivity index (χ0) is 13.8. The maximum absolute atomic E-state index is 4.70. The summed E-state index contributed by atoms with van der Waals surface area (Å²) >= 11 is 0. The van der Waals surface area contributed by atoms with Crippen molar-refractivity contribution in [1.82, 2.24) is 15.3 Å². The van der Waals surface area contributed by atoms with Gasteiger partial charge in [-0.25, -0.2) is 9.97 Å². The summed E-state index contributed by atoms with van der Waals surface area (Å²) in [6.07, 6.45) is 4.67. The van der Waals surface area contributed by atoms with Gasteiger partial charge in [0.25, 0.3) is 0 Å². The summed E-state index contributed by atoms with van der Waals surface area (Å²) in [5.41, 5.74) is 3.82. The second kappa shape index (κ2) is 6.33. The Kier molecular flexibility index (Phi) is 4.75. The Labute approximate surface area is 116 Å². The highest BCUT2D eigenvalue weighted by atomic mass is 15.2. The van der Waals surface area contributed by atoms with Crippen molar-refractivity contribution in [3.63, 3.8) is 0 Å². The zero-order valence-corrected chi connectivity index (χ0v) is 12.7. The van der Waals surface area contributed by atoms with Crippen LogP contribution in [0.2, 0.25) is 0 Å². The van der Waals surface area contributed by atoms with E-state index in [4.69, 9.17) is 4.98 Å². The lowest BCUT2D eigenvalue weighted by molar-refractivity contribution is 0.419. The van der Waals surface area contributed by atoms with Crippen molar-refractivity contribution < 1.29 is 0 Å². The number of nitrogens with one attached hydrogen (secondary N) is 1. The fraction of sp³-hybridized carbons (Fsp3) is 0.733. The Bertz CT molecular complexity index is 428. The zero-order valence-electron chi connectivity index (χ0n) is 12.7. The molecule has 1 heterocycles. The van der Waals surface area contributed by atoms with Gasteiger partial charge in [0, 0.05) is 25.5 Å². The minimum atomic E-state index is 0.742. The molecule has 0 fully saturated rings. The molecule has 0 amide bonds. The van der Waals surface area contributed by atoms with Crippen LogP contribution in [0, 0.1) is 12.8 Å². The van der Waals surface area contributed by atoms with Crippen LogP contribution in [0.4, 0.5) is 5.95 Å². The third-order valence-electron chi connectivity index (χ3n) is 3.83. The van der Waals surface area contributed by atoms with Gasteiger partial charge in [-0.2, -0.15) is 0 Å². The van der Waals surface area contributed by atoms with E-state index in [1.165, 1.54) is 24.1 Å². The van der Waals surface area contributed by atoms with Gasteiger partial charge in [0.1, 0.15) is 0 Å². The fourth-order valence-corrected chi connectivity index (χ4v) is 2.70. The van der Waals surface area contributed by atoms with E-state index in [1.807, 2.05) is 19.0 Å². The van der Waals surface area contributed by atoms with Gasteiger partial charge < -0.3 is 10.2 Å². The minimum Gasteiger partial charge on any atom is -0.347 e. The topological polar surface area (TPSA) is 41.1 Å². The maximum atomic E-state index is 4.70. The monoisotopic (exact) mass is 262 g/mol. The van der Waals surface area contributed by atoms with Crippen molar-refractivity contribution in [1.29, 1.82) is 0 Å². The molecule has 1 N–H and O–H groups in total. The molecule has 0 aromatic carbocycles. The first-order valence-electron chi connectivity index (χ1n) is 7.36. The van der Waals surface area contributed by atoms with Crippen LogP contribution in [-0.2, 0) is 12.8 Å². The van der Waals surface area contributed by atoms with Crippen LogP contribution < -0.4 is 10.2 Å². The number of anilines is 1. The smallest absolute Gasteiger partial charge is 0.225 e. The van der Waals surface area contributed by atoms with E-state index in [1.54, 1.807) is 0 Å². The van der Waals surface area contributed by atoms with E-state index in [0.717, 1.165) is 43.5 Å². The van der Waals surface area contributed by atoms with Gasteiger partial charge in [-0.3, -0.25) is 0 Å². The highest BCUT2D eigenvalue weighted by molar-refractivity contribution is 5.37. The van der Waals surface area contributed by atoms with Gasteiger partial charge >= 0.3 is 0 Å². The number of fused-ring (bicyclic) bond motifs is 1. The second-order valence-corrected chi connectivity index (χ2v) is 5.74.